The van der Waals surface area contributed by atoms with Crippen molar-refractivity contribution in [3.63, 3.8) is 0 Å². The molecule has 35 heavy (non-hydrogen) atoms. The molecule has 0 saturated carbocycles. The van der Waals surface area contributed by atoms with Crippen molar-refractivity contribution in [2.45, 2.75) is 31.5 Å². The van der Waals surface area contributed by atoms with Crippen LogP contribution in [0.5, 0.6) is 0 Å². The van der Waals surface area contributed by atoms with E-state index in [0.29, 0.717) is 0 Å². The molecule has 1 aliphatic rings. The number of alkyl carbamates (subject to hydrolysis) is 1. The number of carboxylic acids is 1. The molecule has 10 heteroatoms. The number of aliphatic carboxylic acids is 1. The molecule has 10 nitrogen and oxygen atoms in total. The maximum absolute atomic E-state index is 12.6. The summed E-state index contributed by atoms with van der Waals surface area (Å²) in [6.07, 6.45) is -0.364. The molecular formula is C25H25N3O7. The van der Waals surface area contributed by atoms with Crippen LogP contribution in [0.1, 0.15) is 40.0 Å². The lowest BCUT2D eigenvalue weighted by atomic mass is 9.98. The Bertz CT molecular complexity index is 1190. The first-order valence-corrected chi connectivity index (χ1v) is 11.0. The Morgan fingerprint density at radius 2 is 1.71 bits per heavy atom. The quantitative estimate of drug-likeness (QED) is 0.426. The van der Waals surface area contributed by atoms with Crippen molar-refractivity contribution in [3.8, 4) is 11.1 Å². The van der Waals surface area contributed by atoms with Gasteiger partial charge in [0.25, 0.3) is 5.91 Å². The molecule has 3 N–H and O–H groups in total. The first kappa shape index (κ1) is 24.0. The second-order valence-corrected chi connectivity index (χ2v) is 8.08. The summed E-state index contributed by atoms with van der Waals surface area (Å²) >= 11 is 0. The van der Waals surface area contributed by atoms with Gasteiger partial charge in [0.15, 0.2) is 6.04 Å². The third kappa shape index (κ3) is 5.02. The van der Waals surface area contributed by atoms with Gasteiger partial charge in [-0.25, -0.2) is 9.59 Å². The van der Waals surface area contributed by atoms with Gasteiger partial charge >= 0.3 is 12.1 Å². The van der Waals surface area contributed by atoms with Gasteiger partial charge in [-0.3, -0.25) is 4.79 Å². The Morgan fingerprint density at radius 1 is 1.09 bits per heavy atom. The summed E-state index contributed by atoms with van der Waals surface area (Å²) in [5.41, 5.74) is 4.56. The standard InChI is InChI=1S/C25H25N3O7/c1-14(33-2)22(24(30)31)27-23(29)20-13-35-28-21(20)11-26-25(32)34-12-19-17-9-5-3-7-15(17)16-8-4-6-10-18(16)19/h3-10,13-14,19,22H,11-12H2,1-2H3,(H,26,32)(H,27,29)(H,30,31). The number of aromatic nitrogens is 1. The minimum absolute atomic E-state index is 0.00139. The summed E-state index contributed by atoms with van der Waals surface area (Å²) in [5, 5.41) is 18.0. The van der Waals surface area contributed by atoms with Gasteiger partial charge < -0.3 is 29.7 Å². The van der Waals surface area contributed by atoms with Crippen molar-refractivity contribution in [3.05, 3.63) is 77.2 Å². The third-order valence-electron chi connectivity index (χ3n) is 6.03. The van der Waals surface area contributed by atoms with E-state index in [2.05, 4.69) is 15.8 Å². The van der Waals surface area contributed by atoms with E-state index in [-0.39, 0.29) is 30.3 Å². The van der Waals surface area contributed by atoms with Crippen molar-refractivity contribution in [2.75, 3.05) is 13.7 Å². The molecule has 2 aromatic carbocycles. The molecular weight excluding hydrogens is 454 g/mol. The SMILES string of the molecule is COC(C)C(NC(=O)c1conc1CNC(=O)OCC1c2ccccc2-c2ccccc21)C(=O)O. The highest BCUT2D eigenvalue weighted by Gasteiger charge is 2.30. The minimum atomic E-state index is -1.27. The van der Waals surface area contributed by atoms with Crippen LogP contribution in [0, 0.1) is 0 Å². The minimum Gasteiger partial charge on any atom is -0.480 e. The topological polar surface area (TPSA) is 140 Å². The van der Waals surface area contributed by atoms with Gasteiger partial charge in [-0.2, -0.15) is 0 Å². The van der Waals surface area contributed by atoms with E-state index in [9.17, 15) is 19.5 Å². The summed E-state index contributed by atoms with van der Waals surface area (Å²) in [6.45, 7) is 1.51. The molecule has 182 valence electrons. The molecule has 0 bridgehead atoms. The summed E-state index contributed by atoms with van der Waals surface area (Å²) in [6, 6.07) is 14.7. The zero-order valence-electron chi connectivity index (χ0n) is 19.2. The van der Waals surface area contributed by atoms with Gasteiger partial charge in [-0.05, 0) is 29.2 Å². The summed E-state index contributed by atoms with van der Waals surface area (Å²) in [7, 11) is 1.34. The smallest absolute Gasteiger partial charge is 0.407 e. The van der Waals surface area contributed by atoms with Gasteiger partial charge in [-0.1, -0.05) is 53.7 Å². The number of benzene rings is 2. The second-order valence-electron chi connectivity index (χ2n) is 8.08. The number of nitrogens with zero attached hydrogens (tertiary/aromatic N) is 1. The number of fused-ring (bicyclic) bond motifs is 3. The lowest BCUT2D eigenvalue weighted by molar-refractivity contribution is -0.142. The average Bonchev–Trinajstić information content (AvgIpc) is 3.47. The molecule has 0 radical (unpaired) electrons. The molecule has 2 unspecified atom stereocenters. The highest BCUT2D eigenvalue weighted by molar-refractivity contribution is 5.97. The Kier molecular flexibility index (Phi) is 7.11. The van der Waals surface area contributed by atoms with E-state index in [0.717, 1.165) is 28.5 Å². The highest BCUT2D eigenvalue weighted by atomic mass is 16.5. The summed E-state index contributed by atoms with van der Waals surface area (Å²) in [4.78, 5) is 36.4. The summed E-state index contributed by atoms with van der Waals surface area (Å²) in [5.74, 6) is -2.05. The number of nitrogens with one attached hydrogen (secondary N) is 2. The number of hydrogen-bond acceptors (Lipinski definition) is 7. The van der Waals surface area contributed by atoms with Crippen molar-refractivity contribution >= 4 is 18.0 Å². The molecule has 2 atom stereocenters. The summed E-state index contributed by atoms with van der Waals surface area (Å²) < 4.78 is 15.3. The van der Waals surface area contributed by atoms with Crippen LogP contribution in [0.25, 0.3) is 11.1 Å². The first-order chi connectivity index (χ1) is 16.9. The van der Waals surface area contributed by atoms with Crippen molar-refractivity contribution in [2.24, 2.45) is 0 Å². The molecule has 0 fully saturated rings. The monoisotopic (exact) mass is 479 g/mol. The number of carboxylic acid groups (broad SMARTS) is 1. The van der Waals surface area contributed by atoms with Gasteiger partial charge in [0.05, 0.1) is 12.6 Å². The van der Waals surface area contributed by atoms with Crippen LogP contribution in [0.2, 0.25) is 0 Å². The number of carbonyl (C=O) groups excluding carboxylic acids is 2. The predicted octanol–water partition coefficient (Wildman–Crippen LogP) is 2.93. The Balaban J connectivity index is 1.36. The van der Waals surface area contributed by atoms with Crippen LogP contribution in [0.3, 0.4) is 0 Å². The van der Waals surface area contributed by atoms with E-state index in [1.54, 1.807) is 0 Å². The molecule has 1 heterocycles. The average molecular weight is 479 g/mol. The van der Waals surface area contributed by atoms with E-state index < -0.39 is 30.1 Å². The van der Waals surface area contributed by atoms with Crippen LogP contribution in [0.4, 0.5) is 4.79 Å². The molecule has 1 aliphatic carbocycles. The van der Waals surface area contributed by atoms with Crippen LogP contribution in [-0.2, 0) is 20.8 Å². The van der Waals surface area contributed by atoms with E-state index >= 15 is 0 Å². The molecule has 0 saturated heterocycles. The molecule has 0 spiro atoms. The van der Waals surface area contributed by atoms with Crippen molar-refractivity contribution in [1.29, 1.82) is 0 Å². The Hall–Kier alpha value is -4.18. The van der Waals surface area contributed by atoms with Crippen LogP contribution < -0.4 is 10.6 Å². The number of carbonyl (C=O) groups is 3. The van der Waals surface area contributed by atoms with Crippen LogP contribution >= 0.6 is 0 Å². The maximum atomic E-state index is 12.6. The number of ether oxygens (including phenoxy) is 2. The number of rotatable bonds is 9. The first-order valence-electron chi connectivity index (χ1n) is 11.0. The zero-order chi connectivity index (χ0) is 24.9. The molecule has 1 aromatic heterocycles. The highest BCUT2D eigenvalue weighted by Crippen LogP contribution is 2.44. The largest absolute Gasteiger partial charge is 0.480 e. The fraction of sp³-hybridized carbons (Fsp3) is 0.280. The Morgan fingerprint density at radius 3 is 2.31 bits per heavy atom. The van der Waals surface area contributed by atoms with Crippen LogP contribution in [0.15, 0.2) is 59.3 Å². The molecule has 4 rings (SSSR count). The van der Waals surface area contributed by atoms with E-state index in [1.807, 2.05) is 48.5 Å². The molecule has 0 aliphatic heterocycles. The van der Waals surface area contributed by atoms with Gasteiger partial charge in [0.2, 0.25) is 0 Å². The molecule has 2 amide bonds. The third-order valence-corrected chi connectivity index (χ3v) is 6.03. The zero-order valence-corrected chi connectivity index (χ0v) is 19.2. The van der Waals surface area contributed by atoms with Crippen molar-refractivity contribution in [1.82, 2.24) is 15.8 Å². The van der Waals surface area contributed by atoms with Crippen LogP contribution in [-0.4, -0.2) is 54.1 Å². The van der Waals surface area contributed by atoms with Crippen molar-refractivity contribution < 1.29 is 33.5 Å². The fourth-order valence-corrected chi connectivity index (χ4v) is 4.11. The van der Waals surface area contributed by atoms with Gasteiger partial charge in [0, 0.05) is 13.0 Å². The number of amides is 2. The predicted molar refractivity (Wildman–Crippen MR) is 124 cm³/mol. The maximum Gasteiger partial charge on any atom is 0.407 e. The van der Waals surface area contributed by atoms with E-state index in [1.165, 1.54) is 14.0 Å². The second kappa shape index (κ2) is 10.4. The fourth-order valence-electron chi connectivity index (χ4n) is 4.11. The number of methoxy groups -OCH3 is 1. The lowest BCUT2D eigenvalue weighted by Gasteiger charge is -2.19. The molecule has 3 aromatic rings. The van der Waals surface area contributed by atoms with Gasteiger partial charge in [0.1, 0.15) is 24.1 Å². The number of hydrogen-bond donors (Lipinski definition) is 3. The van der Waals surface area contributed by atoms with E-state index in [4.69, 9.17) is 14.0 Å². The Labute approximate surface area is 201 Å². The van der Waals surface area contributed by atoms with Gasteiger partial charge in [-0.15, -0.1) is 0 Å². The lowest BCUT2D eigenvalue weighted by Crippen LogP contribution is -2.48. The normalized spacial score (nSPS) is 13.9.